The molecule has 0 unspecified atom stereocenters. The molecule has 31 heavy (non-hydrogen) atoms. The van der Waals surface area contributed by atoms with Crippen LogP contribution in [-0.4, -0.2) is 36.7 Å². The molecule has 0 radical (unpaired) electrons. The number of imide groups is 1. The molecule has 4 aromatic rings. The lowest BCUT2D eigenvalue weighted by molar-refractivity contribution is -0.139. The summed E-state index contributed by atoms with van der Waals surface area (Å²) in [5.74, 6) is 1.36. The highest BCUT2D eigenvalue weighted by Crippen LogP contribution is 2.32. The SMILES string of the molecule is Cc1ccc(Oc2cc3nc(-c4ccccn4)[nH]c3cc2CN2C(=O)CCC2=O)cn1. The zero-order chi connectivity index (χ0) is 21.4. The number of imidazole rings is 1. The number of benzene rings is 1. The van der Waals surface area contributed by atoms with E-state index in [0.717, 1.165) is 16.9 Å². The Morgan fingerprint density at radius 2 is 1.90 bits per heavy atom. The largest absolute Gasteiger partial charge is 0.455 e. The summed E-state index contributed by atoms with van der Waals surface area (Å²) in [6.07, 6.45) is 3.83. The molecule has 8 nitrogen and oxygen atoms in total. The van der Waals surface area contributed by atoms with E-state index in [2.05, 4.69) is 19.9 Å². The van der Waals surface area contributed by atoms with Crippen LogP contribution >= 0.6 is 0 Å². The molecule has 1 aliphatic heterocycles. The van der Waals surface area contributed by atoms with Crippen LogP contribution in [-0.2, 0) is 16.1 Å². The number of nitrogens with zero attached hydrogens (tertiary/aromatic N) is 4. The van der Waals surface area contributed by atoms with Crippen molar-refractivity contribution in [2.45, 2.75) is 26.3 Å². The first-order valence-corrected chi connectivity index (χ1v) is 9.94. The highest BCUT2D eigenvalue weighted by atomic mass is 16.5. The summed E-state index contributed by atoms with van der Waals surface area (Å²) in [6.45, 7) is 2.04. The number of nitrogens with one attached hydrogen (secondary N) is 1. The second-order valence-electron chi connectivity index (χ2n) is 7.39. The minimum atomic E-state index is -0.174. The lowest BCUT2D eigenvalue weighted by Gasteiger charge is -2.17. The number of aromatic nitrogens is 4. The van der Waals surface area contributed by atoms with Gasteiger partial charge >= 0.3 is 0 Å². The van der Waals surface area contributed by atoms with E-state index in [0.29, 0.717) is 28.4 Å². The second kappa shape index (κ2) is 7.64. The Kier molecular flexibility index (Phi) is 4.66. The first-order valence-electron chi connectivity index (χ1n) is 9.94. The Hall–Kier alpha value is -4.07. The number of amides is 2. The number of likely N-dealkylation sites (tertiary alicyclic amines) is 1. The molecule has 0 bridgehead atoms. The quantitative estimate of drug-likeness (QED) is 0.500. The van der Waals surface area contributed by atoms with Gasteiger partial charge in [0.15, 0.2) is 5.82 Å². The number of rotatable bonds is 5. The fourth-order valence-corrected chi connectivity index (χ4v) is 3.54. The van der Waals surface area contributed by atoms with Crippen LogP contribution in [0.2, 0.25) is 0 Å². The molecular formula is C23H19N5O3. The number of aromatic amines is 1. The van der Waals surface area contributed by atoms with Crippen LogP contribution < -0.4 is 4.74 Å². The number of hydrogen-bond donors (Lipinski definition) is 1. The maximum atomic E-state index is 12.2. The van der Waals surface area contributed by atoms with Crippen molar-refractivity contribution in [1.29, 1.82) is 0 Å². The second-order valence-corrected chi connectivity index (χ2v) is 7.39. The zero-order valence-electron chi connectivity index (χ0n) is 16.8. The van der Waals surface area contributed by atoms with E-state index >= 15 is 0 Å². The molecule has 0 spiro atoms. The molecule has 1 saturated heterocycles. The maximum absolute atomic E-state index is 12.2. The van der Waals surface area contributed by atoms with Gasteiger partial charge in [0.25, 0.3) is 0 Å². The summed E-state index contributed by atoms with van der Waals surface area (Å²) >= 11 is 0. The third-order valence-corrected chi connectivity index (χ3v) is 5.17. The maximum Gasteiger partial charge on any atom is 0.230 e. The predicted molar refractivity (Wildman–Crippen MR) is 113 cm³/mol. The van der Waals surface area contributed by atoms with Crippen LogP contribution in [0.1, 0.15) is 24.1 Å². The molecule has 1 fully saturated rings. The van der Waals surface area contributed by atoms with Crippen molar-refractivity contribution in [2.24, 2.45) is 0 Å². The highest BCUT2D eigenvalue weighted by molar-refractivity contribution is 6.02. The Morgan fingerprint density at radius 1 is 1.06 bits per heavy atom. The molecule has 2 amide bonds. The van der Waals surface area contributed by atoms with Gasteiger partial charge < -0.3 is 9.72 Å². The monoisotopic (exact) mass is 413 g/mol. The molecule has 0 saturated carbocycles. The van der Waals surface area contributed by atoms with E-state index in [9.17, 15) is 9.59 Å². The van der Waals surface area contributed by atoms with Gasteiger partial charge in [-0.1, -0.05) is 6.07 Å². The van der Waals surface area contributed by atoms with Gasteiger partial charge in [-0.25, -0.2) is 4.98 Å². The molecule has 0 atom stereocenters. The number of ether oxygens (including phenoxy) is 1. The van der Waals surface area contributed by atoms with E-state index in [-0.39, 0.29) is 31.2 Å². The predicted octanol–water partition coefficient (Wildman–Crippen LogP) is 3.77. The summed E-state index contributed by atoms with van der Waals surface area (Å²) in [6, 6.07) is 13.0. The van der Waals surface area contributed by atoms with Gasteiger partial charge in [-0.2, -0.15) is 0 Å². The fourth-order valence-electron chi connectivity index (χ4n) is 3.54. The molecule has 1 aliphatic rings. The number of H-pyrrole nitrogens is 1. The molecule has 8 heteroatoms. The lowest BCUT2D eigenvalue weighted by Crippen LogP contribution is -2.28. The molecular weight excluding hydrogens is 394 g/mol. The number of carbonyl (C=O) groups excluding carboxylic acids is 2. The number of hydrogen-bond acceptors (Lipinski definition) is 6. The summed E-state index contributed by atoms with van der Waals surface area (Å²) in [5, 5.41) is 0. The van der Waals surface area contributed by atoms with Gasteiger partial charge in [0.2, 0.25) is 11.8 Å². The standard InChI is InChI=1S/C23H19N5O3/c1-14-5-6-16(12-25-14)31-20-11-19-18(26-23(27-19)17-4-2-3-9-24-17)10-15(20)13-28-21(29)7-8-22(28)30/h2-6,9-12H,7-8,13H2,1H3,(H,26,27). The van der Waals surface area contributed by atoms with Crippen molar-refractivity contribution in [3.63, 3.8) is 0 Å². The first-order chi connectivity index (χ1) is 15.1. The minimum Gasteiger partial charge on any atom is -0.455 e. The molecule has 5 rings (SSSR count). The topological polar surface area (TPSA) is 101 Å². The summed E-state index contributed by atoms with van der Waals surface area (Å²) in [7, 11) is 0. The summed E-state index contributed by atoms with van der Waals surface area (Å²) in [4.78, 5) is 42.1. The third kappa shape index (κ3) is 3.75. The van der Waals surface area contributed by atoms with E-state index in [1.54, 1.807) is 18.5 Å². The number of carbonyl (C=O) groups is 2. The molecule has 154 valence electrons. The number of aryl methyl sites for hydroxylation is 1. The van der Waals surface area contributed by atoms with Crippen LogP contribution in [0.25, 0.3) is 22.6 Å². The van der Waals surface area contributed by atoms with Crippen LogP contribution in [0, 0.1) is 6.92 Å². The van der Waals surface area contributed by atoms with Crippen LogP contribution in [0.4, 0.5) is 0 Å². The lowest BCUT2D eigenvalue weighted by atomic mass is 10.1. The smallest absolute Gasteiger partial charge is 0.230 e. The summed E-state index contributed by atoms with van der Waals surface area (Å²) in [5.41, 5.74) is 3.76. The van der Waals surface area contributed by atoms with Gasteiger partial charge in [0.1, 0.15) is 17.2 Å². The van der Waals surface area contributed by atoms with E-state index in [4.69, 9.17) is 4.74 Å². The fraction of sp³-hybridized carbons (Fsp3) is 0.174. The van der Waals surface area contributed by atoms with Crippen molar-refractivity contribution < 1.29 is 14.3 Å². The van der Waals surface area contributed by atoms with Gasteiger partial charge in [-0.05, 0) is 37.3 Å². The van der Waals surface area contributed by atoms with E-state index < -0.39 is 0 Å². The van der Waals surface area contributed by atoms with Crippen molar-refractivity contribution in [3.8, 4) is 23.0 Å². The van der Waals surface area contributed by atoms with E-state index in [1.807, 2.05) is 43.3 Å². The minimum absolute atomic E-state index is 0.139. The van der Waals surface area contributed by atoms with Gasteiger partial charge in [-0.3, -0.25) is 24.5 Å². The molecule has 0 aliphatic carbocycles. The molecule has 4 heterocycles. The summed E-state index contributed by atoms with van der Waals surface area (Å²) < 4.78 is 6.09. The number of fused-ring (bicyclic) bond motifs is 1. The third-order valence-electron chi connectivity index (χ3n) is 5.17. The average Bonchev–Trinajstić information content (AvgIpc) is 3.34. The normalized spacial score (nSPS) is 13.9. The molecule has 3 aromatic heterocycles. The van der Waals surface area contributed by atoms with Crippen molar-refractivity contribution in [3.05, 3.63) is 66.1 Å². The van der Waals surface area contributed by atoms with Crippen molar-refractivity contribution >= 4 is 22.8 Å². The highest BCUT2D eigenvalue weighted by Gasteiger charge is 2.30. The van der Waals surface area contributed by atoms with Gasteiger partial charge in [0, 0.05) is 36.4 Å². The van der Waals surface area contributed by atoms with Crippen molar-refractivity contribution in [1.82, 2.24) is 24.8 Å². The van der Waals surface area contributed by atoms with Crippen LogP contribution in [0.5, 0.6) is 11.5 Å². The Bertz CT molecular complexity index is 1270. The average molecular weight is 413 g/mol. The van der Waals surface area contributed by atoms with E-state index in [1.165, 1.54) is 4.90 Å². The molecule has 1 aromatic carbocycles. The Labute approximate surface area is 177 Å². The van der Waals surface area contributed by atoms with Crippen LogP contribution in [0.15, 0.2) is 54.9 Å². The zero-order valence-corrected chi connectivity index (χ0v) is 16.8. The van der Waals surface area contributed by atoms with Crippen LogP contribution in [0.3, 0.4) is 0 Å². The van der Waals surface area contributed by atoms with Crippen molar-refractivity contribution in [2.75, 3.05) is 0 Å². The van der Waals surface area contributed by atoms with Gasteiger partial charge in [0.05, 0.1) is 23.8 Å². The van der Waals surface area contributed by atoms with Gasteiger partial charge in [-0.15, -0.1) is 0 Å². The number of pyridine rings is 2. The molecule has 1 N–H and O–H groups in total. The Balaban J connectivity index is 1.57. The Morgan fingerprint density at radius 3 is 2.61 bits per heavy atom. The first kappa shape index (κ1) is 18.9.